The minimum atomic E-state index is -0.858. The van der Waals surface area contributed by atoms with E-state index in [1.165, 1.54) is 6.20 Å². The number of halogens is 1. The summed E-state index contributed by atoms with van der Waals surface area (Å²) >= 11 is 6.04. The molecule has 4 aromatic rings. The van der Waals surface area contributed by atoms with E-state index in [1.807, 2.05) is 65.8 Å². The number of nitrogens with zero attached hydrogens (tertiary/aromatic N) is 4. The Kier molecular flexibility index (Phi) is 14.9. The standard InChI is InChI=1S/C19H21N3O4.C17H25ClN2O3.C5H10O2/c23-16(24)8-12-25-11-7-15-20-17-13-5-1-2-6-14(13)26-18(17)19(21-15)22-9-3-4-10-22;1-11-10-20(15(22)23-16(2,3)4)7-6-17(11,5)13-8-12(18)9-19-14(13)21;1-5(2,3)7-4-6/h1-2,5-6H,3-4,7-12H2,(H,23,24);8-9,11H,6-7,10H2,1-5H3,(H,19,21);4H,1-3H3. The number of piperidine rings is 1. The number of amides is 1. The molecular weight excluding hydrogens is 742 g/mol. The van der Waals surface area contributed by atoms with Crippen molar-refractivity contribution in [2.75, 3.05) is 44.3 Å². The molecule has 14 nitrogen and oxygen atoms in total. The first-order valence-corrected chi connectivity index (χ1v) is 19.4. The largest absolute Gasteiger partial charge is 0.481 e. The lowest BCUT2D eigenvalue weighted by molar-refractivity contribution is -0.139. The Morgan fingerprint density at radius 2 is 1.77 bits per heavy atom. The zero-order valence-electron chi connectivity index (χ0n) is 33.8. The summed E-state index contributed by atoms with van der Waals surface area (Å²) in [5, 5.41) is 10.2. The highest BCUT2D eigenvalue weighted by Crippen LogP contribution is 2.39. The monoisotopic (exact) mass is 797 g/mol. The fraction of sp³-hybridized carbons (Fsp3) is 0.561. The number of pyridine rings is 1. The zero-order valence-corrected chi connectivity index (χ0v) is 34.5. The number of carbonyl (C=O) groups excluding carboxylic acids is 2. The molecule has 2 N–H and O–H groups in total. The van der Waals surface area contributed by atoms with Gasteiger partial charge in [-0.2, -0.15) is 0 Å². The molecule has 15 heteroatoms. The molecule has 5 heterocycles. The number of carboxylic acids is 1. The lowest BCUT2D eigenvalue weighted by atomic mass is 9.68. The van der Waals surface area contributed by atoms with Gasteiger partial charge in [0, 0.05) is 55.2 Å². The Balaban J connectivity index is 0.000000214. The summed E-state index contributed by atoms with van der Waals surface area (Å²) in [5.41, 5.74) is 1.80. The van der Waals surface area contributed by atoms with Crippen molar-refractivity contribution in [1.29, 1.82) is 0 Å². The number of anilines is 1. The average molecular weight is 798 g/mol. The number of furan rings is 1. The minimum absolute atomic E-state index is 0.00525. The molecule has 0 spiro atoms. The summed E-state index contributed by atoms with van der Waals surface area (Å²) in [6.07, 6.45) is 4.74. The quantitative estimate of drug-likeness (QED) is 0.126. The first-order chi connectivity index (χ1) is 26.3. The predicted molar refractivity (Wildman–Crippen MR) is 215 cm³/mol. The Bertz CT molecular complexity index is 2010. The van der Waals surface area contributed by atoms with E-state index in [9.17, 15) is 19.2 Å². The molecule has 3 aromatic heterocycles. The molecule has 0 aliphatic carbocycles. The van der Waals surface area contributed by atoms with E-state index in [1.54, 1.807) is 11.0 Å². The van der Waals surface area contributed by atoms with Gasteiger partial charge in [-0.25, -0.2) is 14.8 Å². The lowest BCUT2D eigenvalue weighted by Crippen LogP contribution is -2.51. The van der Waals surface area contributed by atoms with Gasteiger partial charge in [0.1, 0.15) is 28.1 Å². The molecule has 2 unspecified atom stereocenters. The van der Waals surface area contributed by atoms with Crippen molar-refractivity contribution in [3.05, 3.63) is 63.3 Å². The third-order valence-corrected chi connectivity index (χ3v) is 9.82. The lowest BCUT2D eigenvalue weighted by Gasteiger charge is -2.44. The van der Waals surface area contributed by atoms with Crippen LogP contribution in [0.3, 0.4) is 0 Å². The van der Waals surface area contributed by atoms with Crippen LogP contribution in [0.25, 0.3) is 22.1 Å². The molecular formula is C41H56ClN5O9. The van der Waals surface area contributed by atoms with Crippen LogP contribution in [0.15, 0.2) is 45.7 Å². The van der Waals surface area contributed by atoms with Crippen LogP contribution in [-0.4, -0.2) is 94.1 Å². The van der Waals surface area contributed by atoms with Crippen LogP contribution < -0.4 is 10.5 Å². The number of aromatic amines is 1. The van der Waals surface area contributed by atoms with Crippen LogP contribution in [0.4, 0.5) is 10.6 Å². The average Bonchev–Trinajstić information content (AvgIpc) is 3.78. The summed E-state index contributed by atoms with van der Waals surface area (Å²) in [7, 11) is 0. The van der Waals surface area contributed by atoms with Crippen molar-refractivity contribution in [2.45, 2.75) is 104 Å². The van der Waals surface area contributed by atoms with Crippen LogP contribution in [-0.2, 0) is 35.6 Å². The third-order valence-electron chi connectivity index (χ3n) is 9.60. The van der Waals surface area contributed by atoms with Crippen molar-refractivity contribution in [1.82, 2.24) is 19.9 Å². The molecule has 306 valence electrons. The number of hydrogen-bond acceptors (Lipinski definition) is 11. The number of H-pyrrole nitrogens is 1. The third kappa shape index (κ3) is 12.2. The summed E-state index contributed by atoms with van der Waals surface area (Å²) in [6, 6.07) is 9.61. The van der Waals surface area contributed by atoms with Crippen LogP contribution in [0.2, 0.25) is 5.02 Å². The van der Waals surface area contributed by atoms with Gasteiger partial charge in [0.15, 0.2) is 11.4 Å². The number of likely N-dealkylation sites (tertiary alicyclic amines) is 1. The molecule has 0 radical (unpaired) electrons. The zero-order chi connectivity index (χ0) is 41.3. The number of para-hydroxylation sites is 1. The number of aromatic nitrogens is 3. The predicted octanol–water partition coefficient (Wildman–Crippen LogP) is 7.53. The van der Waals surface area contributed by atoms with Gasteiger partial charge in [0.2, 0.25) is 0 Å². The highest BCUT2D eigenvalue weighted by atomic mass is 35.5. The van der Waals surface area contributed by atoms with Gasteiger partial charge >= 0.3 is 12.1 Å². The van der Waals surface area contributed by atoms with Crippen molar-refractivity contribution in [2.24, 2.45) is 5.92 Å². The highest BCUT2D eigenvalue weighted by molar-refractivity contribution is 6.30. The second-order valence-corrected chi connectivity index (χ2v) is 16.8. The maximum atomic E-state index is 12.2. The number of hydrogen-bond donors (Lipinski definition) is 2. The number of nitrogens with one attached hydrogen (secondary N) is 1. The SMILES string of the molecule is CC(C)(C)OC=O.CC1CN(C(=O)OC(C)(C)C)CCC1(C)c1cc(Cl)c[nH]c1=O.O=C(O)CCOCCc1nc(N2CCCC2)c2oc3ccccc3c2n1. The molecule has 0 bridgehead atoms. The van der Waals surface area contributed by atoms with E-state index in [-0.39, 0.29) is 41.6 Å². The van der Waals surface area contributed by atoms with Gasteiger partial charge in [-0.3, -0.25) is 14.4 Å². The molecule has 1 aromatic carbocycles. The van der Waals surface area contributed by atoms with Gasteiger partial charge < -0.3 is 38.5 Å². The van der Waals surface area contributed by atoms with Crippen molar-refractivity contribution >= 4 is 58.0 Å². The Labute approximate surface area is 332 Å². The second-order valence-electron chi connectivity index (χ2n) is 16.3. The summed E-state index contributed by atoms with van der Waals surface area (Å²) in [6.45, 7) is 19.2. The smallest absolute Gasteiger partial charge is 0.410 e. The van der Waals surface area contributed by atoms with E-state index in [2.05, 4.69) is 28.5 Å². The number of ether oxygens (including phenoxy) is 3. The van der Waals surface area contributed by atoms with Crippen LogP contribution in [0.1, 0.15) is 92.5 Å². The van der Waals surface area contributed by atoms with Gasteiger partial charge in [0.25, 0.3) is 12.0 Å². The summed E-state index contributed by atoms with van der Waals surface area (Å²) in [4.78, 5) is 60.7. The molecule has 2 atom stereocenters. The molecule has 56 heavy (non-hydrogen) atoms. The van der Waals surface area contributed by atoms with E-state index < -0.39 is 11.6 Å². The molecule has 1 amide bonds. The van der Waals surface area contributed by atoms with Crippen LogP contribution >= 0.6 is 11.6 Å². The van der Waals surface area contributed by atoms with E-state index in [0.29, 0.717) is 55.4 Å². The fourth-order valence-corrected chi connectivity index (χ4v) is 6.62. The summed E-state index contributed by atoms with van der Waals surface area (Å²) < 4.78 is 21.4. The van der Waals surface area contributed by atoms with E-state index in [0.717, 1.165) is 53.8 Å². The van der Waals surface area contributed by atoms with Gasteiger partial charge in [0.05, 0.1) is 24.7 Å². The number of aliphatic carboxylic acids is 1. The maximum absolute atomic E-state index is 12.2. The molecule has 0 saturated carbocycles. The van der Waals surface area contributed by atoms with E-state index >= 15 is 0 Å². The number of carboxylic acid groups (broad SMARTS) is 1. The number of fused-ring (bicyclic) bond motifs is 3. The van der Waals surface area contributed by atoms with Crippen molar-refractivity contribution in [3.63, 3.8) is 0 Å². The second kappa shape index (κ2) is 19.0. The van der Waals surface area contributed by atoms with Gasteiger partial charge in [-0.15, -0.1) is 0 Å². The molecule has 2 aliphatic heterocycles. The maximum Gasteiger partial charge on any atom is 0.410 e. The Hall–Kier alpha value is -4.69. The molecule has 2 saturated heterocycles. The van der Waals surface area contributed by atoms with Gasteiger partial charge in [-0.05, 0) is 84.9 Å². The Morgan fingerprint density at radius 1 is 1.07 bits per heavy atom. The minimum Gasteiger partial charge on any atom is -0.481 e. The van der Waals surface area contributed by atoms with Crippen LogP contribution in [0.5, 0.6) is 0 Å². The normalized spacial score (nSPS) is 18.5. The first kappa shape index (κ1) is 44.0. The van der Waals surface area contributed by atoms with E-state index in [4.69, 9.17) is 40.6 Å². The fourth-order valence-electron chi connectivity index (χ4n) is 6.46. The number of carbonyl (C=O) groups is 3. The molecule has 2 aliphatic rings. The van der Waals surface area contributed by atoms with Crippen LogP contribution in [0, 0.1) is 5.92 Å². The molecule has 6 rings (SSSR count). The first-order valence-electron chi connectivity index (χ1n) is 19.0. The van der Waals surface area contributed by atoms with Gasteiger partial charge in [-0.1, -0.05) is 37.6 Å². The summed E-state index contributed by atoms with van der Waals surface area (Å²) in [5.74, 6) is 0.803. The molecule has 2 fully saturated rings. The highest BCUT2D eigenvalue weighted by Gasteiger charge is 2.42. The van der Waals surface area contributed by atoms with Crippen molar-refractivity contribution < 1.29 is 38.1 Å². The number of rotatable bonds is 9. The number of benzene rings is 1. The Morgan fingerprint density at radius 3 is 2.38 bits per heavy atom. The van der Waals surface area contributed by atoms with Crippen molar-refractivity contribution in [3.8, 4) is 0 Å². The topological polar surface area (TPSA) is 177 Å².